The highest BCUT2D eigenvalue weighted by Crippen LogP contribution is 2.26. The van der Waals surface area contributed by atoms with Gasteiger partial charge in [-0.1, -0.05) is 35.5 Å². The molecule has 20 heavy (non-hydrogen) atoms. The van der Waals surface area contributed by atoms with Crippen molar-refractivity contribution in [3.63, 3.8) is 0 Å². The lowest BCUT2D eigenvalue weighted by Gasteiger charge is -2.00. The third-order valence-electron chi connectivity index (χ3n) is 3.01. The van der Waals surface area contributed by atoms with E-state index in [9.17, 15) is 4.79 Å². The number of nitrogens with zero attached hydrogens (tertiary/aromatic N) is 2. The fourth-order valence-electron chi connectivity index (χ4n) is 2.04. The number of para-hydroxylation sites is 1. The number of fused-ring (bicyclic) bond motifs is 1. The summed E-state index contributed by atoms with van der Waals surface area (Å²) in [5.74, 6) is 0.306. The quantitative estimate of drug-likeness (QED) is 0.801. The highest BCUT2D eigenvalue weighted by atomic mass is 32.1. The molecule has 0 saturated carbocycles. The first-order chi connectivity index (χ1) is 9.69. The average Bonchev–Trinajstić information content (AvgIpc) is 3.00. The molecule has 1 N–H and O–H groups in total. The molecule has 6 heteroatoms. The van der Waals surface area contributed by atoms with Crippen molar-refractivity contribution in [2.24, 2.45) is 0 Å². The fraction of sp³-hybridized carbons (Fsp3) is 0.214. The van der Waals surface area contributed by atoms with Crippen LogP contribution in [0.4, 0.5) is 5.13 Å². The maximum atomic E-state index is 12.3. The Balaban J connectivity index is 1.90. The van der Waals surface area contributed by atoms with Gasteiger partial charge in [-0.3, -0.25) is 10.1 Å². The lowest BCUT2D eigenvalue weighted by Crippen LogP contribution is -2.14. The molecule has 3 rings (SSSR count). The summed E-state index contributed by atoms with van der Waals surface area (Å²) < 4.78 is 6.12. The Labute approximate surface area is 119 Å². The predicted molar refractivity (Wildman–Crippen MR) is 78.2 cm³/mol. The molecule has 0 aliphatic carbocycles. The maximum absolute atomic E-state index is 12.3. The number of hydrogen-bond acceptors (Lipinski definition) is 5. The summed E-state index contributed by atoms with van der Waals surface area (Å²) in [5.41, 5.74) is 2.05. The molecule has 0 aliphatic rings. The van der Waals surface area contributed by atoms with Gasteiger partial charge in [0.15, 0.2) is 5.13 Å². The summed E-state index contributed by atoms with van der Waals surface area (Å²) in [5, 5.41) is 7.29. The van der Waals surface area contributed by atoms with Gasteiger partial charge in [0.25, 0.3) is 5.91 Å². The van der Waals surface area contributed by atoms with Gasteiger partial charge in [-0.2, -0.15) is 0 Å². The van der Waals surface area contributed by atoms with Crippen LogP contribution in [0.3, 0.4) is 0 Å². The lowest BCUT2D eigenvalue weighted by atomic mass is 10.1. The van der Waals surface area contributed by atoms with Crippen molar-refractivity contribution in [2.75, 3.05) is 5.32 Å². The summed E-state index contributed by atoms with van der Waals surface area (Å²) >= 11 is 1.45. The van der Waals surface area contributed by atoms with Crippen LogP contribution in [-0.2, 0) is 6.42 Å². The van der Waals surface area contributed by atoms with Crippen LogP contribution < -0.4 is 5.32 Å². The largest absolute Gasteiger partial charge is 0.361 e. The molecule has 0 bridgehead atoms. The Morgan fingerprint density at radius 1 is 1.40 bits per heavy atom. The first-order valence-corrected chi connectivity index (χ1v) is 7.12. The van der Waals surface area contributed by atoms with Gasteiger partial charge >= 0.3 is 0 Å². The van der Waals surface area contributed by atoms with E-state index in [0.717, 1.165) is 10.2 Å². The van der Waals surface area contributed by atoms with E-state index in [0.29, 0.717) is 28.6 Å². The summed E-state index contributed by atoms with van der Waals surface area (Å²) in [7, 11) is 0. The number of benzene rings is 1. The molecule has 0 spiro atoms. The summed E-state index contributed by atoms with van der Waals surface area (Å²) in [6, 6.07) is 7.77. The molecule has 1 aromatic carbocycles. The zero-order valence-electron chi connectivity index (χ0n) is 11.1. The Kier molecular flexibility index (Phi) is 3.23. The molecule has 5 nitrogen and oxygen atoms in total. The van der Waals surface area contributed by atoms with Gasteiger partial charge in [-0.25, -0.2) is 4.98 Å². The van der Waals surface area contributed by atoms with Crippen molar-refractivity contribution in [2.45, 2.75) is 20.3 Å². The van der Waals surface area contributed by atoms with Crippen LogP contribution in [0.1, 0.15) is 28.7 Å². The molecule has 3 aromatic rings. The van der Waals surface area contributed by atoms with Gasteiger partial charge in [-0.05, 0) is 25.5 Å². The van der Waals surface area contributed by atoms with Crippen molar-refractivity contribution in [3.8, 4) is 0 Å². The normalized spacial score (nSPS) is 10.9. The van der Waals surface area contributed by atoms with Crippen LogP contribution in [0.5, 0.6) is 0 Å². The van der Waals surface area contributed by atoms with Gasteiger partial charge < -0.3 is 4.52 Å². The third-order valence-corrected chi connectivity index (χ3v) is 3.96. The number of aromatic nitrogens is 2. The number of hydrogen-bond donors (Lipinski definition) is 1. The van der Waals surface area contributed by atoms with Gasteiger partial charge in [0.1, 0.15) is 11.3 Å². The number of carbonyl (C=O) groups excluding carboxylic acids is 1. The van der Waals surface area contributed by atoms with Gasteiger partial charge in [-0.15, -0.1) is 0 Å². The highest BCUT2D eigenvalue weighted by molar-refractivity contribution is 7.22. The monoisotopic (exact) mass is 287 g/mol. The smallest absolute Gasteiger partial charge is 0.262 e. The van der Waals surface area contributed by atoms with E-state index in [4.69, 9.17) is 4.52 Å². The molecule has 2 heterocycles. The maximum Gasteiger partial charge on any atom is 0.262 e. The van der Waals surface area contributed by atoms with E-state index in [1.54, 1.807) is 6.92 Å². The van der Waals surface area contributed by atoms with E-state index in [1.165, 1.54) is 11.3 Å². The van der Waals surface area contributed by atoms with Crippen LogP contribution in [0.2, 0.25) is 0 Å². The topological polar surface area (TPSA) is 68.0 Å². The molecule has 0 fully saturated rings. The van der Waals surface area contributed by atoms with Crippen molar-refractivity contribution in [1.82, 2.24) is 10.1 Å². The van der Waals surface area contributed by atoms with Crippen molar-refractivity contribution in [3.05, 3.63) is 41.3 Å². The van der Waals surface area contributed by atoms with E-state index in [1.807, 2.05) is 31.2 Å². The Hall–Kier alpha value is -2.21. The van der Waals surface area contributed by atoms with Crippen LogP contribution in [0, 0.1) is 6.92 Å². The molecule has 102 valence electrons. The van der Waals surface area contributed by atoms with Crippen LogP contribution in [-0.4, -0.2) is 16.0 Å². The second kappa shape index (κ2) is 5.05. The minimum Gasteiger partial charge on any atom is -0.361 e. The number of nitrogens with one attached hydrogen (secondary N) is 1. The molecule has 0 atom stereocenters. The lowest BCUT2D eigenvalue weighted by molar-refractivity contribution is 0.102. The van der Waals surface area contributed by atoms with E-state index < -0.39 is 0 Å². The minimum atomic E-state index is -0.223. The van der Waals surface area contributed by atoms with Crippen molar-refractivity contribution in [1.29, 1.82) is 0 Å². The average molecular weight is 287 g/mol. The van der Waals surface area contributed by atoms with Crippen LogP contribution in [0.25, 0.3) is 10.2 Å². The van der Waals surface area contributed by atoms with E-state index >= 15 is 0 Å². The third kappa shape index (κ3) is 2.18. The van der Waals surface area contributed by atoms with Crippen molar-refractivity contribution >= 4 is 32.6 Å². The minimum absolute atomic E-state index is 0.223. The zero-order chi connectivity index (χ0) is 14.1. The van der Waals surface area contributed by atoms with Gasteiger partial charge in [0.2, 0.25) is 0 Å². The second-order valence-electron chi connectivity index (χ2n) is 4.35. The van der Waals surface area contributed by atoms with Crippen molar-refractivity contribution < 1.29 is 9.32 Å². The standard InChI is InChI=1S/C14H13N3O2S/c1-3-9-12(8(2)19-17-9)13(18)16-14-15-10-6-4-5-7-11(10)20-14/h4-7H,3H2,1-2H3,(H,15,16,18). The molecule has 0 aliphatic heterocycles. The predicted octanol–water partition coefficient (Wildman–Crippen LogP) is 3.41. The number of amides is 1. The summed E-state index contributed by atoms with van der Waals surface area (Å²) in [6.45, 7) is 3.67. The summed E-state index contributed by atoms with van der Waals surface area (Å²) in [4.78, 5) is 16.7. The van der Waals surface area contributed by atoms with E-state index in [-0.39, 0.29) is 5.91 Å². The number of thiazole rings is 1. The number of anilines is 1. The first kappa shape index (κ1) is 12.8. The highest BCUT2D eigenvalue weighted by Gasteiger charge is 2.20. The van der Waals surface area contributed by atoms with Gasteiger partial charge in [0, 0.05) is 0 Å². The second-order valence-corrected chi connectivity index (χ2v) is 5.39. The number of rotatable bonds is 3. The Morgan fingerprint density at radius 2 is 2.20 bits per heavy atom. The SMILES string of the molecule is CCc1noc(C)c1C(=O)Nc1nc2ccccc2s1. The zero-order valence-corrected chi connectivity index (χ0v) is 12.0. The molecule has 0 unspecified atom stereocenters. The van der Waals surface area contributed by atoms with E-state index in [2.05, 4.69) is 15.5 Å². The molecule has 2 aromatic heterocycles. The van der Waals surface area contributed by atoms with Crippen LogP contribution in [0.15, 0.2) is 28.8 Å². The van der Waals surface area contributed by atoms with Crippen LogP contribution >= 0.6 is 11.3 Å². The number of carbonyl (C=O) groups is 1. The first-order valence-electron chi connectivity index (χ1n) is 6.31. The summed E-state index contributed by atoms with van der Waals surface area (Å²) in [6.07, 6.45) is 0.653. The molecule has 0 radical (unpaired) electrons. The van der Waals surface area contributed by atoms with Gasteiger partial charge in [0.05, 0.1) is 15.9 Å². The number of aryl methyl sites for hydroxylation is 2. The molecular formula is C14H13N3O2S. The molecular weight excluding hydrogens is 274 g/mol. The Morgan fingerprint density at radius 3 is 2.95 bits per heavy atom. The molecule has 1 amide bonds. The molecule has 0 saturated heterocycles. The Bertz CT molecular complexity index is 743. The fourth-order valence-corrected chi connectivity index (χ4v) is 2.90.